The van der Waals surface area contributed by atoms with E-state index in [1.807, 2.05) is 29.0 Å². The van der Waals surface area contributed by atoms with Crippen molar-refractivity contribution in [2.45, 2.75) is 25.9 Å². The number of rotatable bonds is 7. The number of anilines is 1. The summed E-state index contributed by atoms with van der Waals surface area (Å²) in [4.78, 5) is 23.1. The van der Waals surface area contributed by atoms with Crippen molar-refractivity contribution in [3.05, 3.63) is 71.8 Å². The highest BCUT2D eigenvalue weighted by Crippen LogP contribution is 2.24. The Morgan fingerprint density at radius 3 is 2.86 bits per heavy atom. The van der Waals surface area contributed by atoms with Gasteiger partial charge in [-0.2, -0.15) is 0 Å². The number of methoxy groups -OCH3 is 1. The quantitative estimate of drug-likeness (QED) is 0.671. The van der Waals surface area contributed by atoms with Crippen molar-refractivity contribution in [1.29, 1.82) is 0 Å². The van der Waals surface area contributed by atoms with Gasteiger partial charge in [-0.05, 0) is 47.9 Å². The second-order valence-electron chi connectivity index (χ2n) is 7.15. The first-order valence-electron chi connectivity index (χ1n) is 9.79. The molecule has 1 aliphatic rings. The lowest BCUT2D eigenvalue weighted by Crippen LogP contribution is -2.31. The van der Waals surface area contributed by atoms with Gasteiger partial charge in [0.15, 0.2) is 0 Å². The fourth-order valence-electron chi connectivity index (χ4n) is 3.63. The molecule has 150 valence electrons. The maximum Gasteiger partial charge on any atom is 0.233 e. The number of aromatic nitrogens is 3. The van der Waals surface area contributed by atoms with Crippen LogP contribution in [0.5, 0.6) is 0 Å². The van der Waals surface area contributed by atoms with E-state index in [9.17, 15) is 4.79 Å². The van der Waals surface area contributed by atoms with E-state index >= 15 is 0 Å². The van der Waals surface area contributed by atoms with Gasteiger partial charge in [0.05, 0.1) is 13.0 Å². The summed E-state index contributed by atoms with van der Waals surface area (Å²) in [6.45, 7) is 3.08. The average Bonchev–Trinajstić information content (AvgIpc) is 3.21. The van der Waals surface area contributed by atoms with Crippen LogP contribution in [0.4, 0.5) is 5.69 Å². The highest BCUT2D eigenvalue weighted by atomic mass is 16.5. The first kappa shape index (κ1) is 19.3. The van der Waals surface area contributed by atoms with Crippen molar-refractivity contribution in [3.8, 4) is 5.95 Å². The van der Waals surface area contributed by atoms with Crippen LogP contribution in [0, 0.1) is 0 Å². The van der Waals surface area contributed by atoms with E-state index in [1.165, 1.54) is 11.1 Å². The van der Waals surface area contributed by atoms with E-state index in [0.29, 0.717) is 19.0 Å². The van der Waals surface area contributed by atoms with Crippen LogP contribution in [0.15, 0.2) is 55.0 Å². The van der Waals surface area contributed by atoms with Crippen LogP contribution in [0.2, 0.25) is 0 Å². The Balaban J connectivity index is 1.44. The Kier molecular flexibility index (Phi) is 5.97. The summed E-state index contributed by atoms with van der Waals surface area (Å²) >= 11 is 0. The monoisotopic (exact) mass is 391 g/mol. The Morgan fingerprint density at radius 2 is 2.03 bits per heavy atom. The zero-order valence-corrected chi connectivity index (χ0v) is 16.5. The normalized spacial score (nSPS) is 13.8. The average molecular weight is 391 g/mol. The largest absolute Gasteiger partial charge is 0.384 e. The molecule has 2 aromatic heterocycles. The molecular formula is C22H25N5O2. The van der Waals surface area contributed by atoms with Crippen molar-refractivity contribution in [2.75, 3.05) is 25.6 Å². The minimum absolute atomic E-state index is 0.0276. The zero-order valence-electron chi connectivity index (χ0n) is 16.5. The molecule has 1 N–H and O–H groups in total. The lowest BCUT2D eigenvalue weighted by molar-refractivity contribution is -0.117. The lowest BCUT2D eigenvalue weighted by Gasteiger charge is -2.29. The van der Waals surface area contributed by atoms with Crippen molar-refractivity contribution < 1.29 is 9.53 Å². The zero-order chi connectivity index (χ0) is 20.1. The highest BCUT2D eigenvalue weighted by Gasteiger charge is 2.19. The van der Waals surface area contributed by atoms with Gasteiger partial charge in [0.1, 0.15) is 0 Å². The summed E-state index contributed by atoms with van der Waals surface area (Å²) < 4.78 is 7.00. The standard InChI is InChI=1S/C22H25N5O2/c1-29-13-8-21(28)25-19-6-5-17-7-12-26(15-18(17)14-19)16-20-4-2-11-27(20)22-23-9-3-10-24-22/h2-6,9-11,14H,7-8,12-13,15-16H2,1H3,(H,25,28). The third-order valence-electron chi connectivity index (χ3n) is 5.10. The van der Waals surface area contributed by atoms with Crippen LogP contribution in [-0.4, -0.2) is 45.6 Å². The minimum Gasteiger partial charge on any atom is -0.384 e. The van der Waals surface area contributed by atoms with Gasteiger partial charge in [0.25, 0.3) is 0 Å². The molecule has 1 aromatic carbocycles. The smallest absolute Gasteiger partial charge is 0.233 e. The number of carbonyl (C=O) groups excluding carboxylic acids is 1. The van der Waals surface area contributed by atoms with Gasteiger partial charge < -0.3 is 10.1 Å². The summed E-state index contributed by atoms with van der Waals surface area (Å²) in [6, 6.07) is 12.1. The topological polar surface area (TPSA) is 72.3 Å². The van der Waals surface area contributed by atoms with Gasteiger partial charge in [-0.15, -0.1) is 0 Å². The van der Waals surface area contributed by atoms with Crippen molar-refractivity contribution >= 4 is 11.6 Å². The van der Waals surface area contributed by atoms with Crippen LogP contribution in [0.25, 0.3) is 5.95 Å². The van der Waals surface area contributed by atoms with Crippen LogP contribution in [0.3, 0.4) is 0 Å². The second kappa shape index (κ2) is 8.98. The van der Waals surface area contributed by atoms with E-state index in [-0.39, 0.29) is 5.91 Å². The number of hydrogen-bond acceptors (Lipinski definition) is 5. The number of fused-ring (bicyclic) bond motifs is 1. The van der Waals surface area contributed by atoms with Crippen LogP contribution < -0.4 is 5.32 Å². The van der Waals surface area contributed by atoms with Crippen LogP contribution in [0.1, 0.15) is 23.2 Å². The maximum absolute atomic E-state index is 12.0. The summed E-state index contributed by atoms with van der Waals surface area (Å²) in [5.74, 6) is 0.658. The molecule has 0 radical (unpaired) electrons. The highest BCUT2D eigenvalue weighted by molar-refractivity contribution is 5.90. The van der Waals surface area contributed by atoms with Crippen molar-refractivity contribution in [2.24, 2.45) is 0 Å². The number of nitrogens with one attached hydrogen (secondary N) is 1. The van der Waals surface area contributed by atoms with Gasteiger partial charge in [-0.3, -0.25) is 14.3 Å². The van der Waals surface area contributed by atoms with Crippen LogP contribution in [-0.2, 0) is 29.0 Å². The summed E-state index contributed by atoms with van der Waals surface area (Å²) in [5, 5.41) is 2.96. The molecule has 0 unspecified atom stereocenters. The number of amides is 1. The Labute approximate surface area is 170 Å². The first-order valence-corrected chi connectivity index (χ1v) is 9.79. The molecule has 0 aliphatic carbocycles. The second-order valence-corrected chi connectivity index (χ2v) is 7.15. The number of carbonyl (C=O) groups is 1. The maximum atomic E-state index is 12.0. The van der Waals surface area contributed by atoms with Gasteiger partial charge in [-0.1, -0.05) is 6.07 Å². The van der Waals surface area contributed by atoms with E-state index in [2.05, 4.69) is 38.4 Å². The molecule has 7 nitrogen and oxygen atoms in total. The summed E-state index contributed by atoms with van der Waals surface area (Å²) in [5.41, 5.74) is 4.60. The molecule has 0 spiro atoms. The Hall–Kier alpha value is -3.03. The SMILES string of the molecule is COCCC(=O)Nc1ccc2c(c1)CN(Cc1cccn1-c1ncccn1)CC2. The number of nitrogens with zero attached hydrogens (tertiary/aromatic N) is 4. The van der Waals surface area contributed by atoms with E-state index < -0.39 is 0 Å². The molecule has 0 saturated heterocycles. The third kappa shape index (κ3) is 4.70. The predicted octanol–water partition coefficient (Wildman–Crippen LogP) is 2.80. The molecule has 0 atom stereocenters. The predicted molar refractivity (Wildman–Crippen MR) is 111 cm³/mol. The number of hydrogen-bond donors (Lipinski definition) is 1. The van der Waals surface area contributed by atoms with Gasteiger partial charge in [-0.25, -0.2) is 9.97 Å². The Morgan fingerprint density at radius 1 is 1.17 bits per heavy atom. The Bertz CT molecular complexity index is 970. The van der Waals surface area contributed by atoms with Gasteiger partial charge in [0.2, 0.25) is 11.9 Å². The van der Waals surface area contributed by atoms with Crippen LogP contribution >= 0.6 is 0 Å². The van der Waals surface area contributed by atoms with Crippen molar-refractivity contribution in [3.63, 3.8) is 0 Å². The molecule has 1 amide bonds. The third-order valence-corrected chi connectivity index (χ3v) is 5.10. The molecule has 0 fully saturated rings. The summed E-state index contributed by atoms with van der Waals surface area (Å²) in [6.07, 6.45) is 6.86. The number of ether oxygens (including phenoxy) is 1. The minimum atomic E-state index is -0.0276. The molecule has 3 heterocycles. The first-order chi connectivity index (χ1) is 14.2. The number of benzene rings is 1. The molecule has 7 heteroatoms. The molecule has 3 aromatic rings. The fraction of sp³-hybridized carbons (Fsp3) is 0.318. The fourth-order valence-corrected chi connectivity index (χ4v) is 3.63. The molecule has 0 saturated carbocycles. The van der Waals surface area contributed by atoms with Crippen molar-refractivity contribution in [1.82, 2.24) is 19.4 Å². The van der Waals surface area contributed by atoms with Gasteiger partial charge >= 0.3 is 0 Å². The summed E-state index contributed by atoms with van der Waals surface area (Å²) in [7, 11) is 1.60. The van der Waals surface area contributed by atoms with Gasteiger partial charge in [0, 0.05) is 56.7 Å². The van der Waals surface area contributed by atoms with E-state index in [4.69, 9.17) is 4.74 Å². The van der Waals surface area contributed by atoms with E-state index in [0.717, 1.165) is 37.4 Å². The molecule has 0 bridgehead atoms. The molecule has 4 rings (SSSR count). The molecular weight excluding hydrogens is 366 g/mol. The lowest BCUT2D eigenvalue weighted by atomic mass is 9.99. The molecule has 1 aliphatic heterocycles. The van der Waals surface area contributed by atoms with E-state index in [1.54, 1.807) is 19.5 Å². The molecule has 29 heavy (non-hydrogen) atoms.